The van der Waals surface area contributed by atoms with E-state index in [1.165, 1.54) is 25.7 Å². The van der Waals surface area contributed by atoms with Gasteiger partial charge in [-0.2, -0.15) is 0 Å². The number of benzene rings is 1. The van der Waals surface area contributed by atoms with Crippen LogP contribution in [0, 0.1) is 11.3 Å². The zero-order valence-corrected chi connectivity index (χ0v) is 12.3. The summed E-state index contributed by atoms with van der Waals surface area (Å²) in [5, 5.41) is 7.72. The summed E-state index contributed by atoms with van der Waals surface area (Å²) in [5.41, 5.74) is 7.54. The third kappa shape index (κ3) is 2.86. The van der Waals surface area contributed by atoms with Gasteiger partial charge in [-0.1, -0.05) is 18.9 Å². The van der Waals surface area contributed by atoms with Crippen LogP contribution in [0.4, 0.5) is 5.69 Å². The Morgan fingerprint density at radius 2 is 2.11 bits per heavy atom. The molecule has 1 aliphatic rings. The van der Waals surface area contributed by atoms with Gasteiger partial charge in [0.1, 0.15) is 5.84 Å². The molecule has 1 aromatic carbocycles. The highest BCUT2D eigenvalue weighted by molar-refractivity contribution is 9.10. The Bertz CT molecular complexity index is 439. The SMILES string of the molecule is CN(CC1CCCC1)c1cccc(Br)c1C(=N)N. The van der Waals surface area contributed by atoms with Crippen molar-refractivity contribution in [2.24, 2.45) is 11.7 Å². The van der Waals surface area contributed by atoms with E-state index in [2.05, 4.69) is 27.9 Å². The first-order valence-corrected chi connectivity index (χ1v) is 7.23. The van der Waals surface area contributed by atoms with Crippen molar-refractivity contribution in [3.8, 4) is 0 Å². The van der Waals surface area contributed by atoms with Gasteiger partial charge >= 0.3 is 0 Å². The van der Waals surface area contributed by atoms with E-state index >= 15 is 0 Å². The summed E-state index contributed by atoms with van der Waals surface area (Å²) < 4.78 is 0.894. The third-order valence-corrected chi connectivity index (χ3v) is 4.34. The average Bonchev–Trinajstić information content (AvgIpc) is 2.80. The van der Waals surface area contributed by atoms with Gasteiger partial charge in [0.15, 0.2) is 0 Å². The Morgan fingerprint density at radius 3 is 2.72 bits per heavy atom. The smallest absolute Gasteiger partial charge is 0.126 e. The molecule has 3 N–H and O–H groups in total. The number of hydrogen-bond acceptors (Lipinski definition) is 2. The fourth-order valence-corrected chi connectivity index (χ4v) is 3.35. The van der Waals surface area contributed by atoms with Crippen LogP contribution in [0.2, 0.25) is 0 Å². The molecule has 0 amide bonds. The maximum Gasteiger partial charge on any atom is 0.126 e. The van der Waals surface area contributed by atoms with E-state index in [0.717, 1.165) is 28.2 Å². The van der Waals surface area contributed by atoms with Crippen molar-refractivity contribution in [1.29, 1.82) is 5.41 Å². The van der Waals surface area contributed by atoms with Crippen molar-refractivity contribution in [3.63, 3.8) is 0 Å². The number of nitrogens with two attached hydrogens (primary N) is 1. The van der Waals surface area contributed by atoms with Crippen LogP contribution < -0.4 is 10.6 Å². The fourth-order valence-electron chi connectivity index (χ4n) is 2.78. The first kappa shape index (κ1) is 13.4. The molecule has 0 aliphatic heterocycles. The molecule has 0 aromatic heterocycles. The second-order valence-electron chi connectivity index (χ2n) is 5.08. The lowest BCUT2D eigenvalue weighted by Crippen LogP contribution is -2.27. The molecule has 1 aromatic rings. The van der Waals surface area contributed by atoms with Gasteiger partial charge < -0.3 is 10.6 Å². The largest absolute Gasteiger partial charge is 0.384 e. The van der Waals surface area contributed by atoms with Gasteiger partial charge in [-0.3, -0.25) is 5.41 Å². The van der Waals surface area contributed by atoms with Gasteiger partial charge in [0.2, 0.25) is 0 Å². The summed E-state index contributed by atoms with van der Waals surface area (Å²) >= 11 is 3.48. The highest BCUT2D eigenvalue weighted by Gasteiger charge is 2.19. The lowest BCUT2D eigenvalue weighted by Gasteiger charge is -2.25. The summed E-state index contributed by atoms with van der Waals surface area (Å²) in [7, 11) is 2.09. The predicted molar refractivity (Wildman–Crippen MR) is 80.4 cm³/mol. The van der Waals surface area contributed by atoms with Gasteiger partial charge in [-0.15, -0.1) is 0 Å². The van der Waals surface area contributed by atoms with E-state index in [-0.39, 0.29) is 5.84 Å². The van der Waals surface area contributed by atoms with E-state index in [0.29, 0.717) is 0 Å². The highest BCUT2D eigenvalue weighted by Crippen LogP contribution is 2.30. The minimum atomic E-state index is 0.121. The molecule has 1 fully saturated rings. The van der Waals surface area contributed by atoms with Crippen molar-refractivity contribution in [2.45, 2.75) is 25.7 Å². The molecule has 0 heterocycles. The molecule has 98 valence electrons. The minimum absolute atomic E-state index is 0.121. The van der Waals surface area contributed by atoms with Crippen molar-refractivity contribution in [3.05, 3.63) is 28.2 Å². The van der Waals surface area contributed by atoms with Crippen LogP contribution in [0.1, 0.15) is 31.2 Å². The molecular formula is C14H20BrN3. The molecule has 0 radical (unpaired) electrons. The maximum absolute atomic E-state index is 7.72. The summed E-state index contributed by atoms with van der Waals surface area (Å²) in [6.07, 6.45) is 5.37. The number of amidine groups is 1. The second-order valence-corrected chi connectivity index (χ2v) is 5.93. The quantitative estimate of drug-likeness (QED) is 0.662. The molecule has 0 saturated heterocycles. The normalized spacial score (nSPS) is 15.9. The van der Waals surface area contributed by atoms with Crippen molar-refractivity contribution < 1.29 is 0 Å². The van der Waals surface area contributed by atoms with Crippen LogP contribution in [-0.2, 0) is 0 Å². The Balaban J connectivity index is 2.20. The molecule has 0 bridgehead atoms. The Morgan fingerprint density at radius 1 is 1.44 bits per heavy atom. The molecule has 3 nitrogen and oxygen atoms in total. The number of rotatable bonds is 4. The lowest BCUT2D eigenvalue weighted by molar-refractivity contribution is 0.547. The molecule has 4 heteroatoms. The molecule has 0 atom stereocenters. The Kier molecular flexibility index (Phi) is 4.27. The molecule has 1 saturated carbocycles. The molecule has 2 rings (SSSR count). The van der Waals surface area contributed by atoms with Gasteiger partial charge in [0, 0.05) is 23.8 Å². The first-order valence-electron chi connectivity index (χ1n) is 6.43. The number of anilines is 1. The first-order chi connectivity index (χ1) is 8.59. The predicted octanol–water partition coefficient (Wildman–Crippen LogP) is 3.36. The zero-order chi connectivity index (χ0) is 13.1. The summed E-state index contributed by atoms with van der Waals surface area (Å²) in [6, 6.07) is 5.97. The van der Waals surface area contributed by atoms with Crippen LogP contribution in [0.15, 0.2) is 22.7 Å². The lowest BCUT2D eigenvalue weighted by atomic mass is 10.1. The number of nitrogen functional groups attached to an aromatic ring is 1. The van der Waals surface area contributed by atoms with Gasteiger partial charge in [0.05, 0.1) is 5.56 Å². The maximum atomic E-state index is 7.72. The monoisotopic (exact) mass is 309 g/mol. The van der Waals surface area contributed by atoms with E-state index in [4.69, 9.17) is 11.1 Å². The van der Waals surface area contributed by atoms with E-state index in [9.17, 15) is 0 Å². The fraction of sp³-hybridized carbons (Fsp3) is 0.500. The molecule has 0 spiro atoms. The number of nitrogens with zero attached hydrogens (tertiary/aromatic N) is 1. The Hall–Kier alpha value is -1.03. The number of nitrogens with one attached hydrogen (secondary N) is 1. The highest BCUT2D eigenvalue weighted by atomic mass is 79.9. The van der Waals surface area contributed by atoms with Crippen molar-refractivity contribution in [2.75, 3.05) is 18.5 Å². The van der Waals surface area contributed by atoms with Crippen LogP contribution in [0.3, 0.4) is 0 Å². The molecule has 18 heavy (non-hydrogen) atoms. The van der Waals surface area contributed by atoms with Crippen LogP contribution >= 0.6 is 15.9 Å². The van der Waals surface area contributed by atoms with Crippen LogP contribution in [0.5, 0.6) is 0 Å². The zero-order valence-electron chi connectivity index (χ0n) is 10.7. The van der Waals surface area contributed by atoms with E-state index < -0.39 is 0 Å². The van der Waals surface area contributed by atoms with Crippen molar-refractivity contribution >= 4 is 27.5 Å². The summed E-state index contributed by atoms with van der Waals surface area (Å²) in [5.74, 6) is 0.907. The van der Waals surface area contributed by atoms with Crippen LogP contribution in [0.25, 0.3) is 0 Å². The Labute approximate surface area is 117 Å². The van der Waals surface area contributed by atoms with Gasteiger partial charge in [-0.05, 0) is 46.8 Å². The van der Waals surface area contributed by atoms with Gasteiger partial charge in [0.25, 0.3) is 0 Å². The molecule has 0 unspecified atom stereocenters. The third-order valence-electron chi connectivity index (χ3n) is 3.68. The summed E-state index contributed by atoms with van der Waals surface area (Å²) in [6.45, 7) is 1.05. The van der Waals surface area contributed by atoms with E-state index in [1.807, 2.05) is 18.2 Å². The summed E-state index contributed by atoms with van der Waals surface area (Å²) in [4.78, 5) is 2.23. The van der Waals surface area contributed by atoms with Gasteiger partial charge in [-0.25, -0.2) is 0 Å². The average molecular weight is 310 g/mol. The minimum Gasteiger partial charge on any atom is -0.384 e. The van der Waals surface area contributed by atoms with Crippen LogP contribution in [-0.4, -0.2) is 19.4 Å². The molecular weight excluding hydrogens is 290 g/mol. The van der Waals surface area contributed by atoms with Crippen molar-refractivity contribution in [1.82, 2.24) is 0 Å². The molecule has 1 aliphatic carbocycles. The van der Waals surface area contributed by atoms with E-state index in [1.54, 1.807) is 0 Å². The second kappa shape index (κ2) is 5.74. The number of hydrogen-bond donors (Lipinski definition) is 2. The topological polar surface area (TPSA) is 53.1 Å². The standard InChI is InChI=1S/C14H20BrN3/c1-18(9-10-5-2-3-6-10)12-8-4-7-11(15)13(12)14(16)17/h4,7-8,10H,2-3,5-6,9H2,1H3,(H3,16,17). The number of halogens is 1.